The third-order valence-electron chi connectivity index (χ3n) is 1.62. The fourth-order valence-corrected chi connectivity index (χ4v) is 0.921. The van der Waals surface area contributed by atoms with Crippen LogP contribution in [0.15, 0.2) is 23.0 Å². The maximum atomic E-state index is 11.0. The number of hydrogen-bond donors (Lipinski definition) is 4. The van der Waals surface area contributed by atoms with E-state index in [-0.39, 0.29) is 0 Å². The number of aliphatic hydroxyl groups is 4. The summed E-state index contributed by atoms with van der Waals surface area (Å²) in [4.78, 5) is 11.0. The molecule has 6 heteroatoms. The first-order valence-corrected chi connectivity index (χ1v) is 3.32. The summed E-state index contributed by atoms with van der Waals surface area (Å²) in [6.45, 7) is 0. The Kier molecular flexibility index (Phi) is 2.16. The SMILES string of the molecule is COC1=C(O)C(O)C(O)=C(O)C1=O. The van der Waals surface area contributed by atoms with Crippen LogP contribution in [0.1, 0.15) is 0 Å². The third-order valence-corrected chi connectivity index (χ3v) is 1.62. The van der Waals surface area contributed by atoms with E-state index in [1.807, 2.05) is 0 Å². The fraction of sp³-hybridized carbons (Fsp3) is 0.286. The Bertz CT molecular complexity index is 313. The molecule has 0 spiro atoms. The van der Waals surface area contributed by atoms with Gasteiger partial charge in [0, 0.05) is 0 Å². The molecule has 6 nitrogen and oxygen atoms in total. The highest BCUT2D eigenvalue weighted by molar-refractivity contribution is 6.06. The van der Waals surface area contributed by atoms with Crippen molar-refractivity contribution < 1.29 is 30.0 Å². The van der Waals surface area contributed by atoms with Gasteiger partial charge in [-0.3, -0.25) is 4.79 Å². The predicted molar refractivity (Wildman–Crippen MR) is 40.0 cm³/mol. The van der Waals surface area contributed by atoms with Crippen molar-refractivity contribution in [3.8, 4) is 0 Å². The average Bonchev–Trinajstić information content (AvgIpc) is 2.13. The molecule has 0 saturated heterocycles. The van der Waals surface area contributed by atoms with Crippen LogP contribution in [0.5, 0.6) is 0 Å². The number of rotatable bonds is 1. The number of aliphatic hydroxyl groups excluding tert-OH is 4. The molecule has 0 aromatic heterocycles. The summed E-state index contributed by atoms with van der Waals surface area (Å²) in [5.41, 5.74) is 0. The molecule has 1 atom stereocenters. The van der Waals surface area contributed by atoms with Crippen LogP contribution in [0.4, 0.5) is 0 Å². The molecule has 1 unspecified atom stereocenters. The van der Waals surface area contributed by atoms with E-state index >= 15 is 0 Å². The molecule has 4 N–H and O–H groups in total. The van der Waals surface area contributed by atoms with Gasteiger partial charge in [0.25, 0.3) is 5.78 Å². The quantitative estimate of drug-likeness (QED) is 0.449. The molecule has 0 bridgehead atoms. The van der Waals surface area contributed by atoms with Crippen molar-refractivity contribution in [3.63, 3.8) is 0 Å². The Balaban J connectivity index is 3.21. The molecule has 0 aromatic rings. The van der Waals surface area contributed by atoms with Crippen LogP contribution in [-0.4, -0.2) is 39.4 Å². The number of Topliss-reactive ketones (excluding diaryl/α,β-unsaturated/α-hetero) is 1. The standard InChI is InChI=1S/C7H8O6/c1-13-7-5(11)3(9)2(8)4(10)6(7)12/h3,8-11H,1H3. The van der Waals surface area contributed by atoms with Gasteiger partial charge in [-0.2, -0.15) is 0 Å². The molecule has 0 amide bonds. The van der Waals surface area contributed by atoms with Gasteiger partial charge >= 0.3 is 0 Å². The second-order valence-electron chi connectivity index (χ2n) is 2.38. The number of hydrogen-bond acceptors (Lipinski definition) is 6. The number of ether oxygens (including phenoxy) is 1. The maximum absolute atomic E-state index is 11.0. The summed E-state index contributed by atoms with van der Waals surface area (Å²) in [5.74, 6) is -4.47. The topological polar surface area (TPSA) is 107 Å². The summed E-state index contributed by atoms with van der Waals surface area (Å²) in [6.07, 6.45) is -1.81. The highest BCUT2D eigenvalue weighted by Gasteiger charge is 2.36. The summed E-state index contributed by atoms with van der Waals surface area (Å²) in [7, 11) is 1.09. The normalized spacial score (nSPS) is 23.8. The first-order chi connectivity index (χ1) is 6.00. The predicted octanol–water partition coefficient (Wildman–Crippen LogP) is -0.326. The van der Waals surface area contributed by atoms with Crippen molar-refractivity contribution in [3.05, 3.63) is 23.0 Å². The molecule has 0 heterocycles. The lowest BCUT2D eigenvalue weighted by atomic mass is 10.0. The Morgan fingerprint density at radius 1 is 1.23 bits per heavy atom. The second-order valence-corrected chi connectivity index (χ2v) is 2.38. The lowest BCUT2D eigenvalue weighted by Gasteiger charge is -2.18. The first kappa shape index (κ1) is 9.40. The van der Waals surface area contributed by atoms with Gasteiger partial charge in [-0.25, -0.2) is 0 Å². The Morgan fingerprint density at radius 3 is 2.23 bits per heavy atom. The van der Waals surface area contributed by atoms with E-state index in [0.717, 1.165) is 7.11 Å². The molecule has 13 heavy (non-hydrogen) atoms. The van der Waals surface area contributed by atoms with Crippen molar-refractivity contribution in [2.75, 3.05) is 7.11 Å². The van der Waals surface area contributed by atoms with E-state index in [2.05, 4.69) is 4.74 Å². The molecular weight excluding hydrogens is 180 g/mol. The summed E-state index contributed by atoms with van der Waals surface area (Å²) in [6, 6.07) is 0. The minimum absolute atomic E-state index is 0.581. The van der Waals surface area contributed by atoms with Crippen molar-refractivity contribution >= 4 is 5.78 Å². The maximum Gasteiger partial charge on any atom is 0.269 e. The molecule has 0 aliphatic heterocycles. The Morgan fingerprint density at radius 2 is 1.77 bits per heavy atom. The summed E-state index contributed by atoms with van der Waals surface area (Å²) >= 11 is 0. The van der Waals surface area contributed by atoms with Crippen molar-refractivity contribution in [1.82, 2.24) is 0 Å². The summed E-state index contributed by atoms with van der Waals surface area (Å²) < 4.78 is 4.42. The van der Waals surface area contributed by atoms with E-state index in [0.29, 0.717) is 0 Å². The molecule has 1 aliphatic carbocycles. The van der Waals surface area contributed by atoms with Gasteiger partial charge in [-0.1, -0.05) is 0 Å². The van der Waals surface area contributed by atoms with E-state index in [9.17, 15) is 4.79 Å². The first-order valence-electron chi connectivity index (χ1n) is 3.32. The highest BCUT2D eigenvalue weighted by atomic mass is 16.5. The van der Waals surface area contributed by atoms with Crippen LogP contribution in [0.3, 0.4) is 0 Å². The largest absolute Gasteiger partial charge is 0.506 e. The smallest absolute Gasteiger partial charge is 0.269 e. The van der Waals surface area contributed by atoms with Crippen molar-refractivity contribution in [1.29, 1.82) is 0 Å². The van der Waals surface area contributed by atoms with Gasteiger partial charge in [0.1, 0.15) is 0 Å². The monoisotopic (exact) mass is 188 g/mol. The fourth-order valence-electron chi connectivity index (χ4n) is 0.921. The van der Waals surface area contributed by atoms with Crippen LogP contribution >= 0.6 is 0 Å². The van der Waals surface area contributed by atoms with Gasteiger partial charge in [-0.15, -0.1) is 0 Å². The lowest BCUT2D eigenvalue weighted by molar-refractivity contribution is -0.119. The lowest BCUT2D eigenvalue weighted by Crippen LogP contribution is -2.28. The van der Waals surface area contributed by atoms with Gasteiger partial charge in [0.2, 0.25) is 11.5 Å². The highest BCUT2D eigenvalue weighted by Crippen LogP contribution is 2.23. The third kappa shape index (κ3) is 1.20. The molecule has 72 valence electrons. The molecular formula is C7H8O6. The molecule has 0 fully saturated rings. The van der Waals surface area contributed by atoms with Crippen LogP contribution in [0.2, 0.25) is 0 Å². The zero-order valence-electron chi connectivity index (χ0n) is 6.68. The summed E-state index contributed by atoms with van der Waals surface area (Å²) in [5, 5.41) is 35.9. The number of methoxy groups -OCH3 is 1. The number of carbonyl (C=O) groups excluding carboxylic acids is 1. The van der Waals surface area contributed by atoms with E-state index < -0.39 is 34.9 Å². The van der Waals surface area contributed by atoms with E-state index in [4.69, 9.17) is 20.4 Å². The van der Waals surface area contributed by atoms with Gasteiger partial charge < -0.3 is 25.2 Å². The Hall–Kier alpha value is -1.69. The molecule has 0 saturated carbocycles. The van der Waals surface area contributed by atoms with Crippen LogP contribution in [-0.2, 0) is 9.53 Å². The molecule has 1 aliphatic rings. The molecule has 0 aromatic carbocycles. The minimum atomic E-state index is -1.81. The zero-order chi connectivity index (χ0) is 10.2. The number of carbonyl (C=O) groups is 1. The van der Waals surface area contributed by atoms with Gasteiger partial charge in [0.05, 0.1) is 7.11 Å². The van der Waals surface area contributed by atoms with Crippen molar-refractivity contribution in [2.45, 2.75) is 6.10 Å². The average molecular weight is 188 g/mol. The van der Waals surface area contributed by atoms with Gasteiger partial charge in [0.15, 0.2) is 17.6 Å². The zero-order valence-corrected chi connectivity index (χ0v) is 6.68. The van der Waals surface area contributed by atoms with E-state index in [1.54, 1.807) is 0 Å². The van der Waals surface area contributed by atoms with Crippen LogP contribution < -0.4 is 0 Å². The van der Waals surface area contributed by atoms with E-state index in [1.165, 1.54) is 0 Å². The van der Waals surface area contributed by atoms with Gasteiger partial charge in [-0.05, 0) is 0 Å². The van der Waals surface area contributed by atoms with Crippen molar-refractivity contribution in [2.24, 2.45) is 0 Å². The van der Waals surface area contributed by atoms with Crippen LogP contribution in [0, 0.1) is 0 Å². The minimum Gasteiger partial charge on any atom is -0.506 e. The second kappa shape index (κ2) is 2.98. The number of ketones is 1. The molecule has 1 rings (SSSR count). The molecule has 0 radical (unpaired) electrons. The Labute approximate surface area is 73.0 Å². The van der Waals surface area contributed by atoms with Crippen LogP contribution in [0.25, 0.3) is 0 Å².